The lowest BCUT2D eigenvalue weighted by Crippen LogP contribution is -2.58. The molecule has 2 rings (SSSR count). The second kappa shape index (κ2) is 19.5. The first-order chi connectivity index (χ1) is 20.6. The Balaban J connectivity index is 1.85. The van der Waals surface area contributed by atoms with Crippen LogP contribution < -0.4 is 10.6 Å². The molecule has 0 saturated carbocycles. The lowest BCUT2D eigenvalue weighted by Gasteiger charge is -2.35. The zero-order valence-electron chi connectivity index (χ0n) is 25.3. The highest BCUT2D eigenvalue weighted by Gasteiger charge is 2.48. The second-order valence-corrected chi connectivity index (χ2v) is 10.2. The molecule has 13 heteroatoms. The summed E-state index contributed by atoms with van der Waals surface area (Å²) in [5.41, 5.74) is 0.923. The van der Waals surface area contributed by atoms with Crippen LogP contribution in [0.4, 0.5) is 4.79 Å². The predicted molar refractivity (Wildman–Crippen MR) is 153 cm³/mol. The van der Waals surface area contributed by atoms with E-state index in [-0.39, 0.29) is 19.8 Å². The van der Waals surface area contributed by atoms with Crippen LogP contribution in [0.15, 0.2) is 30.3 Å². The maximum atomic E-state index is 12.1. The number of hydrogen-bond donors (Lipinski definition) is 2. The van der Waals surface area contributed by atoms with Gasteiger partial charge in [-0.2, -0.15) is 0 Å². The Morgan fingerprint density at radius 1 is 0.814 bits per heavy atom. The van der Waals surface area contributed by atoms with E-state index in [0.29, 0.717) is 19.6 Å². The van der Waals surface area contributed by atoms with Gasteiger partial charge in [-0.25, -0.2) is 4.79 Å². The summed E-state index contributed by atoms with van der Waals surface area (Å²) < 4.78 is 33.3. The van der Waals surface area contributed by atoms with E-state index in [2.05, 4.69) is 10.6 Å². The van der Waals surface area contributed by atoms with Crippen molar-refractivity contribution in [1.29, 1.82) is 0 Å². The standard InChI is InChI=1S/C30H44N2O11/c1-20(33)32-27-25(18-40-26(19-39-21(2)34)28(42-22(3)35)29(27)43-23(4)36)38-16-12-7-5-6-11-15-31-30(37)41-17-24-13-9-8-10-14-24/h8-10,13-14,25-29H,5-7,11-12,15-19H2,1-4H3,(H,31,37)(H,32,33)/t25-,26+,27+,28-,29+/m0/s1. The van der Waals surface area contributed by atoms with E-state index in [9.17, 15) is 24.0 Å². The third-order valence-electron chi connectivity index (χ3n) is 6.48. The maximum Gasteiger partial charge on any atom is 0.407 e. The van der Waals surface area contributed by atoms with E-state index in [1.54, 1.807) is 0 Å². The van der Waals surface area contributed by atoms with Gasteiger partial charge in [0.2, 0.25) is 5.91 Å². The third-order valence-corrected chi connectivity index (χ3v) is 6.48. The van der Waals surface area contributed by atoms with Gasteiger partial charge in [0.15, 0.2) is 12.2 Å². The first-order valence-corrected chi connectivity index (χ1v) is 14.5. The van der Waals surface area contributed by atoms with E-state index in [0.717, 1.165) is 31.2 Å². The van der Waals surface area contributed by atoms with Gasteiger partial charge in [0.05, 0.1) is 12.6 Å². The Morgan fingerprint density at radius 3 is 2.12 bits per heavy atom. The average Bonchev–Trinajstić information content (AvgIpc) is 3.06. The molecule has 0 spiro atoms. The quantitative estimate of drug-likeness (QED) is 0.161. The number of carbonyl (C=O) groups excluding carboxylic acids is 5. The summed E-state index contributed by atoms with van der Waals surface area (Å²) in [4.78, 5) is 59.4. The van der Waals surface area contributed by atoms with Crippen LogP contribution in [0.3, 0.4) is 0 Å². The first-order valence-electron chi connectivity index (χ1n) is 14.5. The molecular weight excluding hydrogens is 564 g/mol. The van der Waals surface area contributed by atoms with E-state index in [1.807, 2.05) is 30.3 Å². The molecule has 2 N–H and O–H groups in total. The number of alkyl carbamates (subject to hydrolysis) is 1. The largest absolute Gasteiger partial charge is 0.463 e. The summed E-state index contributed by atoms with van der Waals surface area (Å²) in [6.07, 6.45) is -0.325. The average molecular weight is 609 g/mol. The molecule has 1 aliphatic rings. The smallest absolute Gasteiger partial charge is 0.407 e. The van der Waals surface area contributed by atoms with Crippen molar-refractivity contribution in [1.82, 2.24) is 10.6 Å². The minimum atomic E-state index is -1.17. The van der Waals surface area contributed by atoms with E-state index in [1.165, 1.54) is 27.7 Å². The lowest BCUT2D eigenvalue weighted by molar-refractivity contribution is -0.182. The Bertz CT molecular complexity index is 1040. The molecule has 0 aromatic heterocycles. The first kappa shape index (κ1) is 35.5. The van der Waals surface area contributed by atoms with Crippen molar-refractivity contribution >= 4 is 29.9 Å². The monoisotopic (exact) mass is 608 g/mol. The van der Waals surface area contributed by atoms with Gasteiger partial charge in [-0.15, -0.1) is 0 Å². The molecule has 5 atom stereocenters. The highest BCUT2D eigenvalue weighted by molar-refractivity contribution is 5.73. The van der Waals surface area contributed by atoms with Crippen LogP contribution in [0.2, 0.25) is 0 Å². The fourth-order valence-corrected chi connectivity index (χ4v) is 4.57. The Hall–Kier alpha value is -3.71. The molecule has 0 bridgehead atoms. The van der Waals surface area contributed by atoms with Gasteiger partial charge in [0, 0.05) is 40.8 Å². The Morgan fingerprint density at radius 2 is 1.47 bits per heavy atom. The lowest BCUT2D eigenvalue weighted by atomic mass is 9.97. The molecule has 1 aromatic carbocycles. The summed E-state index contributed by atoms with van der Waals surface area (Å²) in [5, 5.41) is 5.50. The number of carbonyl (C=O) groups is 5. The number of benzene rings is 1. The number of nitrogens with one attached hydrogen (secondary N) is 2. The Kier molecular flexibility index (Phi) is 16.1. The van der Waals surface area contributed by atoms with Crippen LogP contribution in [0, 0.1) is 0 Å². The number of ether oxygens (including phenoxy) is 6. The van der Waals surface area contributed by atoms with Gasteiger partial charge in [-0.1, -0.05) is 49.6 Å². The van der Waals surface area contributed by atoms with Crippen molar-refractivity contribution in [3.05, 3.63) is 35.9 Å². The van der Waals surface area contributed by atoms with Crippen molar-refractivity contribution in [3.8, 4) is 0 Å². The molecule has 2 amide bonds. The number of esters is 3. The topological polar surface area (TPSA) is 165 Å². The van der Waals surface area contributed by atoms with Crippen molar-refractivity contribution in [2.75, 3.05) is 26.4 Å². The molecule has 13 nitrogen and oxygen atoms in total. The van der Waals surface area contributed by atoms with Gasteiger partial charge in [-0.3, -0.25) is 19.2 Å². The van der Waals surface area contributed by atoms with Crippen LogP contribution in [-0.2, 0) is 54.2 Å². The van der Waals surface area contributed by atoms with Gasteiger partial charge in [0.25, 0.3) is 0 Å². The molecule has 240 valence electrons. The fourth-order valence-electron chi connectivity index (χ4n) is 4.57. The number of unbranched alkanes of at least 4 members (excludes halogenated alkanes) is 4. The molecular formula is C30H44N2O11. The van der Waals surface area contributed by atoms with Crippen LogP contribution in [-0.4, -0.2) is 86.7 Å². The van der Waals surface area contributed by atoms with Crippen LogP contribution in [0.5, 0.6) is 0 Å². The van der Waals surface area contributed by atoms with Crippen LogP contribution in [0.1, 0.15) is 65.4 Å². The summed E-state index contributed by atoms with van der Waals surface area (Å²) in [6, 6.07) is 8.55. The molecule has 1 aromatic rings. The summed E-state index contributed by atoms with van der Waals surface area (Å²) in [7, 11) is 0. The third kappa shape index (κ3) is 14.3. The number of hydrogen-bond acceptors (Lipinski definition) is 11. The molecule has 1 heterocycles. The van der Waals surface area contributed by atoms with Crippen molar-refractivity contribution in [3.63, 3.8) is 0 Å². The van der Waals surface area contributed by atoms with Gasteiger partial charge >= 0.3 is 24.0 Å². The highest BCUT2D eigenvalue weighted by atomic mass is 16.6. The molecule has 0 aliphatic carbocycles. The summed E-state index contributed by atoms with van der Waals surface area (Å²) in [5.74, 6) is -2.31. The Labute approximate surface area is 252 Å². The minimum Gasteiger partial charge on any atom is -0.463 e. The molecule has 0 unspecified atom stereocenters. The van der Waals surface area contributed by atoms with Gasteiger partial charge in [-0.05, 0) is 18.4 Å². The maximum absolute atomic E-state index is 12.1. The molecule has 1 aliphatic heterocycles. The number of rotatable bonds is 16. The van der Waals surface area contributed by atoms with Crippen molar-refractivity contribution < 1.29 is 52.4 Å². The molecule has 43 heavy (non-hydrogen) atoms. The predicted octanol–water partition coefficient (Wildman–Crippen LogP) is 2.58. The van der Waals surface area contributed by atoms with Crippen molar-refractivity contribution in [2.45, 2.75) is 96.9 Å². The SMILES string of the molecule is CC(=O)N[C@H]1[C@@H](OC(C)=O)[C@@H](OC(C)=O)[C@@H](COC(C)=O)OC[C@@H]1OCCCCCCCNC(=O)OCc1ccccc1. The van der Waals surface area contributed by atoms with E-state index < -0.39 is 60.4 Å². The molecule has 1 fully saturated rings. The zero-order valence-corrected chi connectivity index (χ0v) is 25.3. The van der Waals surface area contributed by atoms with Gasteiger partial charge < -0.3 is 39.1 Å². The second-order valence-electron chi connectivity index (χ2n) is 10.2. The van der Waals surface area contributed by atoms with E-state index >= 15 is 0 Å². The fraction of sp³-hybridized carbons (Fsp3) is 0.633. The van der Waals surface area contributed by atoms with E-state index in [4.69, 9.17) is 28.4 Å². The summed E-state index contributed by atoms with van der Waals surface area (Å²) in [6.45, 7) is 5.68. The zero-order chi connectivity index (χ0) is 31.6. The molecule has 0 radical (unpaired) electrons. The highest BCUT2D eigenvalue weighted by Crippen LogP contribution is 2.25. The number of amides is 2. The molecule has 1 saturated heterocycles. The normalized spacial score (nSPS) is 21.5. The van der Waals surface area contributed by atoms with Crippen LogP contribution >= 0.6 is 0 Å². The minimum absolute atomic E-state index is 0.0432. The van der Waals surface area contributed by atoms with Gasteiger partial charge in [0.1, 0.15) is 25.4 Å². The summed E-state index contributed by atoms with van der Waals surface area (Å²) >= 11 is 0. The van der Waals surface area contributed by atoms with Crippen LogP contribution in [0.25, 0.3) is 0 Å². The van der Waals surface area contributed by atoms with Crippen molar-refractivity contribution in [2.24, 2.45) is 0 Å².